The molecule has 0 saturated carbocycles. The molecule has 0 bridgehead atoms. The molecule has 0 spiro atoms. The summed E-state index contributed by atoms with van der Waals surface area (Å²) in [7, 11) is -0.562. The van der Waals surface area contributed by atoms with Crippen molar-refractivity contribution in [3.8, 4) is 0 Å². The molecule has 1 atom stereocenters. The Balaban J connectivity index is 0.000000593. The van der Waals surface area contributed by atoms with Gasteiger partial charge in [0, 0.05) is 7.26 Å². The second kappa shape index (κ2) is 16.1. The van der Waals surface area contributed by atoms with Gasteiger partial charge < -0.3 is 10.4 Å². The van der Waals surface area contributed by atoms with Crippen molar-refractivity contribution in [3.05, 3.63) is 0 Å². The highest BCUT2D eigenvalue weighted by Gasteiger charge is 2.34. The monoisotopic (exact) mass is 374 g/mol. The summed E-state index contributed by atoms with van der Waals surface area (Å²) in [5.41, 5.74) is 0. The average Bonchev–Trinajstić information content (AvgIpc) is 3.16. The van der Waals surface area contributed by atoms with Crippen molar-refractivity contribution in [1.82, 2.24) is 5.32 Å². The van der Waals surface area contributed by atoms with Crippen LogP contribution in [0.4, 0.5) is 0 Å². The van der Waals surface area contributed by atoms with Gasteiger partial charge in [-0.05, 0) is 45.1 Å². The molecular formula is C21H45NO2P+. The third-order valence-electron chi connectivity index (χ3n) is 5.30. The summed E-state index contributed by atoms with van der Waals surface area (Å²) in [4.78, 5) is 10.1. The van der Waals surface area contributed by atoms with Gasteiger partial charge in [-0.15, -0.1) is 0 Å². The fourth-order valence-corrected chi connectivity index (χ4v) is 8.83. The molecule has 3 nitrogen and oxygen atoms in total. The summed E-state index contributed by atoms with van der Waals surface area (Å²) in [5.74, 6) is -0.720. The normalized spacial score (nSPS) is 17.2. The summed E-state index contributed by atoms with van der Waals surface area (Å²) >= 11 is 0. The molecule has 1 unspecified atom stereocenters. The smallest absolute Gasteiger partial charge is 0.320 e. The van der Waals surface area contributed by atoms with E-state index in [1.54, 1.807) is 24.6 Å². The van der Waals surface area contributed by atoms with Crippen LogP contribution in [0.1, 0.15) is 91.9 Å². The molecule has 0 aromatic heterocycles. The number of aliphatic carboxylic acids is 1. The maximum atomic E-state index is 10.1. The van der Waals surface area contributed by atoms with Gasteiger partial charge in [0.2, 0.25) is 0 Å². The van der Waals surface area contributed by atoms with Crippen molar-refractivity contribution in [1.29, 1.82) is 0 Å². The Labute approximate surface area is 158 Å². The van der Waals surface area contributed by atoms with E-state index in [9.17, 15) is 4.79 Å². The number of carboxylic acids is 1. The molecule has 0 radical (unpaired) electrons. The average molecular weight is 375 g/mol. The number of hydrogen-bond acceptors (Lipinski definition) is 2. The van der Waals surface area contributed by atoms with Crippen molar-refractivity contribution in [3.63, 3.8) is 0 Å². The molecule has 1 saturated heterocycles. The molecule has 0 aliphatic carbocycles. The van der Waals surface area contributed by atoms with E-state index in [0.717, 1.165) is 19.4 Å². The van der Waals surface area contributed by atoms with Gasteiger partial charge in [-0.25, -0.2) is 0 Å². The molecular weight excluding hydrogens is 329 g/mol. The predicted molar refractivity (Wildman–Crippen MR) is 115 cm³/mol. The van der Waals surface area contributed by atoms with Crippen LogP contribution in [0.2, 0.25) is 0 Å². The van der Waals surface area contributed by atoms with Crippen LogP contribution in [0.3, 0.4) is 0 Å². The van der Waals surface area contributed by atoms with Crippen molar-refractivity contribution < 1.29 is 9.90 Å². The number of nitrogens with one attached hydrogen (secondary N) is 1. The summed E-state index contributed by atoms with van der Waals surface area (Å²) in [5, 5.41) is 11.2. The Hall–Kier alpha value is -0.140. The number of carbonyl (C=O) groups is 1. The van der Waals surface area contributed by atoms with E-state index in [1.165, 1.54) is 51.4 Å². The fourth-order valence-electron chi connectivity index (χ4n) is 3.54. The van der Waals surface area contributed by atoms with Crippen LogP contribution in [0.5, 0.6) is 0 Å². The van der Waals surface area contributed by atoms with E-state index in [2.05, 4.69) is 33.0 Å². The molecule has 0 aromatic rings. The highest BCUT2D eigenvalue weighted by molar-refractivity contribution is 7.75. The van der Waals surface area contributed by atoms with Crippen LogP contribution >= 0.6 is 7.26 Å². The first-order valence-electron chi connectivity index (χ1n) is 10.9. The number of hydrogen-bond donors (Lipinski definition) is 2. The van der Waals surface area contributed by atoms with E-state index in [0.29, 0.717) is 0 Å². The van der Waals surface area contributed by atoms with Gasteiger partial charge in [-0.2, -0.15) is 0 Å². The first-order chi connectivity index (χ1) is 12.0. The second-order valence-electron chi connectivity index (χ2n) is 7.64. The Morgan fingerprint density at radius 1 is 0.880 bits per heavy atom. The van der Waals surface area contributed by atoms with Crippen LogP contribution in [-0.4, -0.2) is 48.3 Å². The lowest BCUT2D eigenvalue weighted by molar-refractivity contribution is -0.139. The third-order valence-corrected chi connectivity index (χ3v) is 10.4. The molecule has 0 amide bonds. The van der Waals surface area contributed by atoms with E-state index in [-0.39, 0.29) is 6.04 Å². The summed E-state index contributed by atoms with van der Waals surface area (Å²) in [6, 6.07) is -0.269. The molecule has 1 fully saturated rings. The van der Waals surface area contributed by atoms with Gasteiger partial charge in [0.1, 0.15) is 6.04 Å². The molecule has 1 aliphatic rings. The minimum atomic E-state index is -0.720. The fraction of sp³-hybridized carbons (Fsp3) is 0.952. The zero-order valence-corrected chi connectivity index (χ0v) is 18.4. The molecule has 25 heavy (non-hydrogen) atoms. The lowest BCUT2D eigenvalue weighted by atomic mass is 10.2. The van der Waals surface area contributed by atoms with E-state index >= 15 is 0 Å². The molecule has 150 valence electrons. The zero-order valence-electron chi connectivity index (χ0n) is 17.5. The molecule has 1 heterocycles. The van der Waals surface area contributed by atoms with Gasteiger partial charge in [-0.3, -0.25) is 4.79 Å². The summed E-state index contributed by atoms with van der Waals surface area (Å²) in [6.45, 7) is 10.3. The number of rotatable bonds is 13. The van der Waals surface area contributed by atoms with Gasteiger partial charge in [-0.1, -0.05) is 53.4 Å². The molecule has 0 aromatic carbocycles. The molecule has 4 heteroatoms. The zero-order chi connectivity index (χ0) is 19.0. The highest BCUT2D eigenvalue weighted by atomic mass is 31.2. The largest absolute Gasteiger partial charge is 0.480 e. The molecule has 1 rings (SSSR count). The minimum absolute atomic E-state index is 0.269. The quantitative estimate of drug-likeness (QED) is 0.387. The number of unbranched alkanes of at least 4 members (excludes halogenated alkanes) is 4. The maximum absolute atomic E-state index is 10.1. The van der Waals surface area contributed by atoms with Gasteiger partial charge in [0.25, 0.3) is 0 Å². The Morgan fingerprint density at radius 2 is 1.28 bits per heavy atom. The maximum Gasteiger partial charge on any atom is 0.320 e. The highest BCUT2D eigenvalue weighted by Crippen LogP contribution is 2.61. The number of carboxylic acid groups (broad SMARTS) is 1. The van der Waals surface area contributed by atoms with Crippen LogP contribution in [0.25, 0.3) is 0 Å². The van der Waals surface area contributed by atoms with E-state index < -0.39 is 13.2 Å². The Bertz CT molecular complexity index is 280. The predicted octanol–water partition coefficient (Wildman–Crippen LogP) is 6.03. The van der Waals surface area contributed by atoms with E-state index in [4.69, 9.17) is 5.11 Å². The topological polar surface area (TPSA) is 49.3 Å². The first-order valence-corrected chi connectivity index (χ1v) is 13.4. The van der Waals surface area contributed by atoms with Crippen LogP contribution < -0.4 is 5.32 Å². The standard InChI is InChI=1S/C16H36P.C5H9NO2/c1-5-9-13-17(14-10-6-2,15-11-7-3)16-12-8-4;7-5(8)4-2-1-3-6-4/h5-16H2,1-4H3;4,6H,1-3H2,(H,7,8)/q+1;. The Kier molecular flexibility index (Phi) is 16.0. The molecule has 2 N–H and O–H groups in total. The second-order valence-corrected chi connectivity index (χ2v) is 12.1. The Morgan fingerprint density at radius 3 is 1.48 bits per heavy atom. The summed E-state index contributed by atoms with van der Waals surface area (Å²) < 4.78 is 0. The van der Waals surface area contributed by atoms with Crippen LogP contribution in [0, 0.1) is 0 Å². The van der Waals surface area contributed by atoms with Crippen molar-refractivity contribution >= 4 is 13.2 Å². The van der Waals surface area contributed by atoms with Crippen molar-refractivity contribution in [2.75, 3.05) is 31.2 Å². The van der Waals surface area contributed by atoms with Crippen LogP contribution in [-0.2, 0) is 4.79 Å². The van der Waals surface area contributed by atoms with Crippen molar-refractivity contribution in [2.45, 2.75) is 97.9 Å². The van der Waals surface area contributed by atoms with Crippen LogP contribution in [0.15, 0.2) is 0 Å². The van der Waals surface area contributed by atoms with Gasteiger partial charge >= 0.3 is 5.97 Å². The third kappa shape index (κ3) is 12.0. The lowest BCUT2D eigenvalue weighted by Gasteiger charge is -2.28. The molecule has 1 aliphatic heterocycles. The van der Waals surface area contributed by atoms with Gasteiger partial charge in [0.05, 0.1) is 24.6 Å². The first kappa shape index (κ1) is 24.9. The van der Waals surface area contributed by atoms with Gasteiger partial charge in [0.15, 0.2) is 0 Å². The van der Waals surface area contributed by atoms with E-state index in [1.807, 2.05) is 0 Å². The van der Waals surface area contributed by atoms with Crippen molar-refractivity contribution in [2.24, 2.45) is 0 Å². The lowest BCUT2D eigenvalue weighted by Crippen LogP contribution is -2.29. The SMILES string of the molecule is CCCC[P+](CCCC)(CCCC)CCCC.O=C(O)C1CCCN1. The summed E-state index contributed by atoms with van der Waals surface area (Å²) in [6.07, 6.45) is 19.7. The minimum Gasteiger partial charge on any atom is -0.480 e.